The van der Waals surface area contributed by atoms with Gasteiger partial charge < -0.3 is 19.3 Å². The number of rotatable bonds is 6. The van der Waals surface area contributed by atoms with Gasteiger partial charge in [0.2, 0.25) is 0 Å². The molecular formula is C26H31N3O3. The Bertz CT molecular complexity index is 1100. The lowest BCUT2D eigenvalue weighted by molar-refractivity contribution is 0.125. The molecule has 1 aromatic heterocycles. The number of ether oxygens (including phenoxy) is 1. The molecule has 0 aliphatic carbocycles. The fourth-order valence-electron chi connectivity index (χ4n) is 4.41. The van der Waals surface area contributed by atoms with Gasteiger partial charge in [-0.1, -0.05) is 42.5 Å². The lowest BCUT2D eigenvalue weighted by Crippen LogP contribution is -2.47. The van der Waals surface area contributed by atoms with Crippen molar-refractivity contribution in [1.82, 2.24) is 14.4 Å². The van der Waals surface area contributed by atoms with Crippen LogP contribution in [0.1, 0.15) is 28.4 Å². The maximum atomic E-state index is 13.8. The van der Waals surface area contributed by atoms with E-state index >= 15 is 0 Å². The van der Waals surface area contributed by atoms with Gasteiger partial charge in [0.25, 0.3) is 5.56 Å². The standard InChI is InChI=1S/C26H31N3O3/c1-19-17-23(30)24(26(31)29(19)18-20-7-5-4-6-8-20)25(28-15-13-27(2)14-16-28)21-9-11-22(32-3)12-10-21/h4-12,17,25,30H,13-16,18H2,1-3H3. The minimum atomic E-state index is -0.329. The smallest absolute Gasteiger partial charge is 0.259 e. The zero-order valence-electron chi connectivity index (χ0n) is 19.0. The molecule has 1 N–H and O–H groups in total. The number of benzene rings is 2. The van der Waals surface area contributed by atoms with Crippen LogP contribution in [-0.4, -0.2) is 59.8 Å². The summed E-state index contributed by atoms with van der Waals surface area (Å²) >= 11 is 0. The first-order valence-electron chi connectivity index (χ1n) is 11.0. The normalized spacial score (nSPS) is 16.1. The molecule has 0 spiro atoms. The third-order valence-corrected chi connectivity index (χ3v) is 6.31. The second kappa shape index (κ2) is 9.59. The molecule has 0 saturated carbocycles. The Balaban J connectivity index is 1.82. The highest BCUT2D eigenvalue weighted by molar-refractivity contribution is 5.42. The third kappa shape index (κ3) is 4.56. The van der Waals surface area contributed by atoms with Crippen molar-refractivity contribution in [3.63, 3.8) is 0 Å². The Kier molecular flexibility index (Phi) is 6.63. The van der Waals surface area contributed by atoms with E-state index in [2.05, 4.69) is 16.8 Å². The van der Waals surface area contributed by atoms with E-state index < -0.39 is 0 Å². The Morgan fingerprint density at radius 2 is 1.66 bits per heavy atom. The minimum Gasteiger partial charge on any atom is -0.507 e. The predicted octanol–water partition coefficient (Wildman–Crippen LogP) is 3.26. The number of aromatic nitrogens is 1. The molecule has 168 valence electrons. The summed E-state index contributed by atoms with van der Waals surface area (Å²) in [4.78, 5) is 18.4. The summed E-state index contributed by atoms with van der Waals surface area (Å²) < 4.78 is 7.09. The molecule has 0 amide bonds. The number of aryl methyl sites for hydroxylation is 1. The number of hydrogen-bond donors (Lipinski definition) is 1. The van der Waals surface area contributed by atoms with Gasteiger partial charge in [-0.05, 0) is 43.3 Å². The molecule has 4 rings (SSSR count). The van der Waals surface area contributed by atoms with Crippen LogP contribution in [0.25, 0.3) is 0 Å². The van der Waals surface area contributed by atoms with E-state index in [4.69, 9.17) is 4.74 Å². The van der Waals surface area contributed by atoms with Crippen LogP contribution in [0.5, 0.6) is 11.5 Å². The van der Waals surface area contributed by atoms with Crippen molar-refractivity contribution in [3.8, 4) is 11.5 Å². The predicted molar refractivity (Wildman–Crippen MR) is 127 cm³/mol. The summed E-state index contributed by atoms with van der Waals surface area (Å²) in [5, 5.41) is 11.0. The quantitative estimate of drug-likeness (QED) is 0.647. The molecule has 0 radical (unpaired) electrons. The third-order valence-electron chi connectivity index (χ3n) is 6.31. The fourth-order valence-corrected chi connectivity index (χ4v) is 4.41. The van der Waals surface area contributed by atoms with Gasteiger partial charge in [0.1, 0.15) is 11.5 Å². The number of aromatic hydroxyl groups is 1. The van der Waals surface area contributed by atoms with Crippen LogP contribution in [0.15, 0.2) is 65.5 Å². The first-order valence-corrected chi connectivity index (χ1v) is 11.0. The molecule has 1 unspecified atom stereocenters. The molecular weight excluding hydrogens is 402 g/mol. The number of methoxy groups -OCH3 is 1. The zero-order chi connectivity index (χ0) is 22.7. The minimum absolute atomic E-state index is 0.0524. The average molecular weight is 434 g/mol. The van der Waals surface area contributed by atoms with Crippen molar-refractivity contribution < 1.29 is 9.84 Å². The summed E-state index contributed by atoms with van der Waals surface area (Å²) in [6, 6.07) is 19.1. The van der Waals surface area contributed by atoms with E-state index in [1.165, 1.54) is 0 Å². The summed E-state index contributed by atoms with van der Waals surface area (Å²) in [6.45, 7) is 5.80. The SMILES string of the molecule is COc1ccc(C(c2c(O)cc(C)n(Cc3ccccc3)c2=O)N2CCN(C)CC2)cc1. The molecule has 2 aromatic carbocycles. The van der Waals surface area contributed by atoms with E-state index in [0.717, 1.165) is 48.7 Å². The number of nitrogens with zero attached hydrogens (tertiary/aromatic N) is 3. The average Bonchev–Trinajstić information content (AvgIpc) is 2.81. The van der Waals surface area contributed by atoms with E-state index in [0.29, 0.717) is 12.1 Å². The molecule has 0 bridgehead atoms. The first-order chi connectivity index (χ1) is 15.5. The Hall–Kier alpha value is -3.09. The molecule has 1 saturated heterocycles. The monoisotopic (exact) mass is 433 g/mol. The Morgan fingerprint density at radius 3 is 2.28 bits per heavy atom. The van der Waals surface area contributed by atoms with Crippen molar-refractivity contribution >= 4 is 0 Å². The maximum Gasteiger partial charge on any atom is 0.259 e. The van der Waals surface area contributed by atoms with E-state index in [-0.39, 0.29) is 17.4 Å². The Labute approximate surface area is 189 Å². The van der Waals surface area contributed by atoms with Crippen molar-refractivity contribution in [1.29, 1.82) is 0 Å². The van der Waals surface area contributed by atoms with Crippen LogP contribution in [0.2, 0.25) is 0 Å². The highest BCUT2D eigenvalue weighted by Crippen LogP contribution is 2.34. The van der Waals surface area contributed by atoms with Crippen LogP contribution in [-0.2, 0) is 6.54 Å². The van der Waals surface area contributed by atoms with Gasteiger partial charge in [-0.25, -0.2) is 0 Å². The highest BCUT2D eigenvalue weighted by Gasteiger charge is 2.31. The molecule has 6 nitrogen and oxygen atoms in total. The van der Waals surface area contributed by atoms with Gasteiger partial charge in [0, 0.05) is 31.9 Å². The van der Waals surface area contributed by atoms with E-state index in [1.807, 2.05) is 61.5 Å². The molecule has 6 heteroatoms. The van der Waals surface area contributed by atoms with Crippen LogP contribution in [0.4, 0.5) is 0 Å². The highest BCUT2D eigenvalue weighted by atomic mass is 16.5. The van der Waals surface area contributed by atoms with Gasteiger partial charge >= 0.3 is 0 Å². The summed E-state index contributed by atoms with van der Waals surface area (Å²) in [5.41, 5.74) is 3.05. The van der Waals surface area contributed by atoms with Gasteiger partial charge in [-0.3, -0.25) is 9.69 Å². The number of pyridine rings is 1. The Morgan fingerprint density at radius 1 is 1.00 bits per heavy atom. The van der Waals surface area contributed by atoms with Crippen molar-refractivity contribution in [2.45, 2.75) is 19.5 Å². The summed E-state index contributed by atoms with van der Waals surface area (Å²) in [6.07, 6.45) is 0. The molecule has 32 heavy (non-hydrogen) atoms. The lowest BCUT2D eigenvalue weighted by atomic mass is 9.95. The molecule has 3 aromatic rings. The van der Waals surface area contributed by atoms with E-state index in [1.54, 1.807) is 17.7 Å². The number of piperazine rings is 1. The van der Waals surface area contributed by atoms with Crippen molar-refractivity contribution in [2.75, 3.05) is 40.3 Å². The van der Waals surface area contributed by atoms with Crippen molar-refractivity contribution in [2.24, 2.45) is 0 Å². The second-order valence-electron chi connectivity index (χ2n) is 8.48. The number of likely N-dealkylation sites (N-methyl/N-ethyl adjacent to an activating group) is 1. The first kappa shape index (κ1) is 22.1. The maximum absolute atomic E-state index is 13.8. The van der Waals surface area contributed by atoms with E-state index in [9.17, 15) is 9.90 Å². The topological polar surface area (TPSA) is 57.9 Å². The lowest BCUT2D eigenvalue weighted by Gasteiger charge is -2.38. The van der Waals surface area contributed by atoms with Crippen molar-refractivity contribution in [3.05, 3.63) is 93.4 Å². The largest absolute Gasteiger partial charge is 0.507 e. The summed E-state index contributed by atoms with van der Waals surface area (Å²) in [5.74, 6) is 0.817. The van der Waals surface area contributed by atoms with Gasteiger partial charge in [0.15, 0.2) is 0 Å². The molecule has 1 fully saturated rings. The van der Waals surface area contributed by atoms with Crippen LogP contribution in [0.3, 0.4) is 0 Å². The fraction of sp³-hybridized carbons (Fsp3) is 0.346. The number of hydrogen-bond acceptors (Lipinski definition) is 5. The summed E-state index contributed by atoms with van der Waals surface area (Å²) in [7, 11) is 3.75. The molecule has 1 aliphatic rings. The molecule has 1 aliphatic heterocycles. The zero-order valence-corrected chi connectivity index (χ0v) is 19.0. The van der Waals surface area contributed by atoms with Crippen LogP contribution >= 0.6 is 0 Å². The van der Waals surface area contributed by atoms with Gasteiger partial charge in [0.05, 0.1) is 25.3 Å². The van der Waals surface area contributed by atoms with Crippen LogP contribution < -0.4 is 10.3 Å². The van der Waals surface area contributed by atoms with Crippen LogP contribution in [0, 0.1) is 6.92 Å². The molecule has 2 heterocycles. The van der Waals surface area contributed by atoms with Gasteiger partial charge in [-0.2, -0.15) is 0 Å². The molecule has 1 atom stereocenters. The second-order valence-corrected chi connectivity index (χ2v) is 8.48. The van der Waals surface area contributed by atoms with Gasteiger partial charge in [-0.15, -0.1) is 0 Å².